The second kappa shape index (κ2) is 11.1. The molecule has 3 heterocycles. The van der Waals surface area contributed by atoms with Gasteiger partial charge in [-0.15, -0.1) is 0 Å². The Morgan fingerprint density at radius 1 is 0.600 bits per heavy atom. The van der Waals surface area contributed by atoms with E-state index >= 15 is 0 Å². The molecule has 1 atom stereocenters. The van der Waals surface area contributed by atoms with Crippen LogP contribution in [0.25, 0.3) is 60.5 Å². The second-order valence-corrected chi connectivity index (χ2v) is 11.3. The number of fused-ring (bicyclic) bond motifs is 3. The highest BCUT2D eigenvalue weighted by molar-refractivity contribution is 5.96. The predicted molar refractivity (Wildman–Crippen MR) is 186 cm³/mol. The largest absolute Gasteiger partial charge is 0.359 e. The lowest BCUT2D eigenvalue weighted by Gasteiger charge is -2.22. The topological polar surface area (TPSA) is 32.5 Å². The predicted octanol–water partition coefficient (Wildman–Crippen LogP) is 10.6. The van der Waals surface area contributed by atoms with Crippen LogP contribution in [0.1, 0.15) is 0 Å². The van der Waals surface area contributed by atoms with Crippen molar-refractivity contribution in [3.8, 4) is 55.6 Å². The van der Waals surface area contributed by atoms with E-state index < -0.39 is 0 Å². The molecule has 8 rings (SSSR count). The van der Waals surface area contributed by atoms with Gasteiger partial charge in [-0.3, -0.25) is 4.98 Å². The van der Waals surface area contributed by atoms with Gasteiger partial charge in [-0.2, -0.15) is 0 Å². The molecule has 0 radical (unpaired) electrons. The Bertz CT molecular complexity index is 2100. The SMILES string of the molecule is [C-]#[N+]c1ccc(-c2ccc(-c3cc(-c4ccc(-c5ccc(-c6cccnc6)cc5)cc4)cc4c3NC3C=CC=CN43)cc2)cc1. The van der Waals surface area contributed by atoms with Crippen LogP contribution in [0.2, 0.25) is 0 Å². The molecule has 1 unspecified atom stereocenters. The maximum atomic E-state index is 7.23. The van der Waals surface area contributed by atoms with Crippen molar-refractivity contribution < 1.29 is 0 Å². The van der Waals surface area contributed by atoms with Crippen LogP contribution in [0.4, 0.5) is 17.1 Å². The average molecular weight is 577 g/mol. The summed E-state index contributed by atoms with van der Waals surface area (Å²) < 4.78 is 0. The first-order valence-corrected chi connectivity index (χ1v) is 15.0. The molecule has 0 fully saturated rings. The molecular formula is C41H28N4. The number of nitrogens with one attached hydrogen (secondary N) is 1. The Morgan fingerprint density at radius 3 is 1.73 bits per heavy atom. The number of benzene rings is 5. The number of pyridine rings is 1. The van der Waals surface area contributed by atoms with Gasteiger partial charge in [0.05, 0.1) is 17.9 Å². The van der Waals surface area contributed by atoms with Crippen LogP contribution in [0.15, 0.2) is 158 Å². The lowest BCUT2D eigenvalue weighted by Crippen LogP contribution is -2.30. The van der Waals surface area contributed by atoms with Crippen LogP contribution < -0.4 is 10.2 Å². The minimum atomic E-state index is 0.0938. The summed E-state index contributed by atoms with van der Waals surface area (Å²) in [4.78, 5) is 10.1. The maximum Gasteiger partial charge on any atom is 0.187 e. The number of nitrogens with zero attached hydrogens (tertiary/aromatic N) is 3. The molecule has 0 aliphatic carbocycles. The number of aromatic nitrogens is 1. The van der Waals surface area contributed by atoms with Crippen molar-refractivity contribution in [2.75, 3.05) is 10.2 Å². The van der Waals surface area contributed by atoms with Crippen LogP contribution in [-0.2, 0) is 0 Å². The average Bonchev–Trinajstić information content (AvgIpc) is 3.51. The molecule has 45 heavy (non-hydrogen) atoms. The summed E-state index contributed by atoms with van der Waals surface area (Å²) in [5, 5.41) is 3.74. The molecule has 0 saturated heterocycles. The van der Waals surface area contributed by atoms with Gasteiger partial charge in [-0.1, -0.05) is 109 Å². The number of hydrogen-bond donors (Lipinski definition) is 1. The van der Waals surface area contributed by atoms with Crippen molar-refractivity contribution >= 4 is 17.1 Å². The molecule has 2 aliphatic rings. The zero-order valence-electron chi connectivity index (χ0n) is 24.4. The van der Waals surface area contributed by atoms with Crippen LogP contribution in [-0.4, -0.2) is 11.1 Å². The van der Waals surface area contributed by atoms with E-state index in [0.29, 0.717) is 5.69 Å². The third kappa shape index (κ3) is 4.97. The number of hydrogen-bond acceptors (Lipinski definition) is 3. The Hall–Kier alpha value is -6.18. The lowest BCUT2D eigenvalue weighted by molar-refractivity contribution is 0.908. The highest BCUT2D eigenvalue weighted by Gasteiger charge is 2.29. The van der Waals surface area contributed by atoms with Crippen molar-refractivity contribution in [1.29, 1.82) is 0 Å². The quantitative estimate of drug-likeness (QED) is 0.207. The summed E-state index contributed by atoms with van der Waals surface area (Å²) >= 11 is 0. The summed E-state index contributed by atoms with van der Waals surface area (Å²) in [7, 11) is 0. The summed E-state index contributed by atoms with van der Waals surface area (Å²) in [6.07, 6.45) is 12.3. The van der Waals surface area contributed by atoms with E-state index in [1.165, 1.54) is 33.5 Å². The molecule has 6 aromatic rings. The molecule has 0 spiro atoms. The fraction of sp³-hybridized carbons (Fsp3) is 0.0244. The van der Waals surface area contributed by atoms with Crippen molar-refractivity contribution in [1.82, 2.24) is 4.98 Å². The van der Waals surface area contributed by atoms with Gasteiger partial charge >= 0.3 is 0 Å². The van der Waals surface area contributed by atoms with Crippen LogP contribution in [0, 0.1) is 6.57 Å². The Kier molecular flexibility index (Phi) is 6.55. The number of allylic oxidation sites excluding steroid dienone is 2. The zero-order chi connectivity index (χ0) is 30.2. The molecule has 0 amide bonds. The van der Waals surface area contributed by atoms with E-state index in [-0.39, 0.29) is 6.17 Å². The van der Waals surface area contributed by atoms with Crippen molar-refractivity contribution in [3.63, 3.8) is 0 Å². The minimum Gasteiger partial charge on any atom is -0.359 e. The van der Waals surface area contributed by atoms with Gasteiger partial charge < -0.3 is 10.2 Å². The third-order valence-corrected chi connectivity index (χ3v) is 8.60. The summed E-state index contributed by atoms with van der Waals surface area (Å²) in [5.41, 5.74) is 14.5. The highest BCUT2D eigenvalue weighted by Crippen LogP contribution is 2.46. The molecule has 0 bridgehead atoms. The number of anilines is 2. The lowest BCUT2D eigenvalue weighted by atomic mass is 9.93. The fourth-order valence-electron chi connectivity index (χ4n) is 6.18. The molecule has 1 aromatic heterocycles. The van der Waals surface area contributed by atoms with Crippen molar-refractivity contribution in [2.45, 2.75) is 6.17 Å². The van der Waals surface area contributed by atoms with Crippen LogP contribution in [0.3, 0.4) is 0 Å². The van der Waals surface area contributed by atoms with E-state index in [1.54, 1.807) is 6.20 Å². The van der Waals surface area contributed by atoms with E-state index in [0.717, 1.165) is 33.5 Å². The van der Waals surface area contributed by atoms with Gasteiger partial charge in [0.15, 0.2) is 5.69 Å². The normalized spacial score (nSPS) is 14.4. The first-order valence-electron chi connectivity index (χ1n) is 15.0. The van der Waals surface area contributed by atoms with Gasteiger partial charge in [0.25, 0.3) is 0 Å². The molecule has 1 N–H and O–H groups in total. The highest BCUT2D eigenvalue weighted by atomic mass is 15.3. The Labute approximate surface area is 263 Å². The molecule has 2 aliphatic heterocycles. The molecule has 212 valence electrons. The van der Waals surface area contributed by atoms with Crippen LogP contribution in [0.5, 0.6) is 0 Å². The van der Waals surface area contributed by atoms with Crippen LogP contribution >= 0.6 is 0 Å². The Balaban J connectivity index is 1.14. The first-order chi connectivity index (χ1) is 22.2. The van der Waals surface area contributed by atoms with Gasteiger partial charge in [0.2, 0.25) is 0 Å². The second-order valence-electron chi connectivity index (χ2n) is 11.3. The minimum absolute atomic E-state index is 0.0938. The maximum absolute atomic E-state index is 7.23. The molecule has 4 nitrogen and oxygen atoms in total. The van der Waals surface area contributed by atoms with E-state index in [4.69, 9.17) is 6.57 Å². The summed E-state index contributed by atoms with van der Waals surface area (Å²) in [6, 6.07) is 42.7. The molecule has 0 saturated carbocycles. The molecular weight excluding hydrogens is 548 g/mol. The smallest absolute Gasteiger partial charge is 0.187 e. The Morgan fingerprint density at radius 2 is 1.16 bits per heavy atom. The van der Waals surface area contributed by atoms with E-state index in [9.17, 15) is 0 Å². The van der Waals surface area contributed by atoms with Gasteiger partial charge in [-0.25, -0.2) is 4.85 Å². The van der Waals surface area contributed by atoms with Crippen molar-refractivity contribution in [3.05, 3.63) is 170 Å². The molecule has 4 heteroatoms. The van der Waals surface area contributed by atoms with Crippen molar-refractivity contribution in [2.24, 2.45) is 0 Å². The summed E-state index contributed by atoms with van der Waals surface area (Å²) in [5.74, 6) is 0. The van der Waals surface area contributed by atoms with Gasteiger partial charge in [0.1, 0.15) is 6.17 Å². The van der Waals surface area contributed by atoms with Gasteiger partial charge in [0, 0.05) is 24.2 Å². The third-order valence-electron chi connectivity index (χ3n) is 8.60. The van der Waals surface area contributed by atoms with E-state index in [2.05, 4.69) is 135 Å². The summed E-state index contributed by atoms with van der Waals surface area (Å²) in [6.45, 7) is 7.23. The van der Waals surface area contributed by atoms with Gasteiger partial charge in [-0.05, 0) is 80.4 Å². The molecule has 5 aromatic carbocycles. The van der Waals surface area contributed by atoms with E-state index in [1.807, 2.05) is 36.5 Å². The zero-order valence-corrected chi connectivity index (χ0v) is 24.4. The monoisotopic (exact) mass is 576 g/mol. The first kappa shape index (κ1) is 26.4. The fourth-order valence-corrected chi connectivity index (χ4v) is 6.18. The standard InChI is InChI=1S/C41H28N4/c1-42-37-21-19-31(20-22-37)30-15-17-34(18-16-30)38-25-36(26-39-41(38)44-40-6-2-3-24-45(39)40)33-13-9-29(10-14-33)28-7-11-32(12-8-28)35-5-4-23-43-27-35/h2-27,40,44H. The number of rotatable bonds is 5.